The number of nitrogens with one attached hydrogen (secondary N) is 1. The van der Waals surface area contributed by atoms with Gasteiger partial charge < -0.3 is 15.0 Å². The minimum absolute atomic E-state index is 0.0535. The second-order valence-corrected chi connectivity index (χ2v) is 9.27. The van der Waals surface area contributed by atoms with Crippen LogP contribution in [0.15, 0.2) is 24.3 Å². The Hall–Kier alpha value is -2.84. The summed E-state index contributed by atoms with van der Waals surface area (Å²) in [5, 5.41) is 11.3. The monoisotopic (exact) mass is 434 g/mol. The van der Waals surface area contributed by atoms with Crippen molar-refractivity contribution in [3.05, 3.63) is 41.7 Å². The van der Waals surface area contributed by atoms with Crippen molar-refractivity contribution in [1.29, 1.82) is 0 Å². The number of carbonyl (C=O) groups excluding carboxylic acids is 1. The molecule has 1 N–H and O–H groups in total. The lowest BCUT2D eigenvalue weighted by Gasteiger charge is -2.25. The maximum absolute atomic E-state index is 13.9. The van der Waals surface area contributed by atoms with Gasteiger partial charge in [-0.25, -0.2) is 18.0 Å². The Kier molecular flexibility index (Phi) is 5.53. The van der Waals surface area contributed by atoms with Crippen LogP contribution in [-0.4, -0.2) is 45.9 Å². The lowest BCUT2D eigenvalue weighted by atomic mass is 10.0. The Labute approximate surface area is 178 Å². The molecule has 1 unspecified atom stereocenters. The quantitative estimate of drug-likeness (QED) is 0.714. The van der Waals surface area contributed by atoms with E-state index in [1.165, 1.54) is 6.07 Å². The normalized spacial score (nSPS) is 23.0. The number of hydrogen-bond donors (Lipinski definition) is 1. The van der Waals surface area contributed by atoms with Crippen LogP contribution in [0.1, 0.15) is 33.6 Å². The highest BCUT2D eigenvalue weighted by atomic mass is 19.2. The lowest BCUT2D eigenvalue weighted by molar-refractivity contribution is 0.0280. The van der Waals surface area contributed by atoms with E-state index in [2.05, 4.69) is 15.5 Å². The third-order valence-electron chi connectivity index (χ3n) is 5.69. The van der Waals surface area contributed by atoms with Gasteiger partial charge in [0.15, 0.2) is 11.6 Å². The molecule has 9 heteroatoms. The van der Waals surface area contributed by atoms with E-state index in [1.54, 1.807) is 11.0 Å². The molecule has 2 aromatic rings. The predicted molar refractivity (Wildman–Crippen MR) is 109 cm³/mol. The van der Waals surface area contributed by atoms with Gasteiger partial charge in [-0.15, -0.1) is 10.2 Å². The average Bonchev–Trinajstić information content (AvgIpc) is 3.23. The number of hydrogen-bond acceptors (Lipinski definition) is 5. The van der Waals surface area contributed by atoms with E-state index >= 15 is 0 Å². The van der Waals surface area contributed by atoms with E-state index in [9.17, 15) is 18.0 Å². The fourth-order valence-electron chi connectivity index (χ4n) is 4.40. The number of aromatic nitrogens is 2. The molecule has 6 nitrogen and oxygen atoms in total. The van der Waals surface area contributed by atoms with Crippen LogP contribution in [-0.2, 0) is 4.74 Å². The molecule has 3 atom stereocenters. The fraction of sp³-hybridized carbons (Fsp3) is 0.500. The molecule has 1 aliphatic heterocycles. The molecule has 2 heterocycles. The van der Waals surface area contributed by atoms with Crippen molar-refractivity contribution < 1.29 is 22.7 Å². The SMILES string of the molecule is CC(C)(C)OC(=O)N1C[C@H]2CC(Nc3ccc(-c4cc(F)cc(F)c4F)nn3)C[C@H]2C1. The number of rotatable bonds is 3. The average molecular weight is 434 g/mol. The minimum atomic E-state index is -1.27. The molecule has 1 aliphatic carbocycles. The van der Waals surface area contributed by atoms with Crippen LogP contribution in [0.3, 0.4) is 0 Å². The van der Waals surface area contributed by atoms with Gasteiger partial charge in [-0.05, 0) is 63.6 Å². The summed E-state index contributed by atoms with van der Waals surface area (Å²) in [6, 6.07) is 4.66. The predicted octanol–water partition coefficient (Wildman–Crippen LogP) is 4.62. The Balaban J connectivity index is 1.35. The van der Waals surface area contributed by atoms with Crippen molar-refractivity contribution in [2.45, 2.75) is 45.3 Å². The largest absolute Gasteiger partial charge is 0.444 e. The van der Waals surface area contributed by atoms with Crippen molar-refractivity contribution in [1.82, 2.24) is 15.1 Å². The Bertz CT molecular complexity index is 964. The zero-order chi connectivity index (χ0) is 22.3. The highest BCUT2D eigenvalue weighted by molar-refractivity contribution is 5.68. The molecule has 31 heavy (non-hydrogen) atoms. The number of ether oxygens (including phenoxy) is 1. The fourth-order valence-corrected chi connectivity index (χ4v) is 4.40. The van der Waals surface area contributed by atoms with E-state index in [0.29, 0.717) is 36.8 Å². The molecule has 1 saturated carbocycles. The molecule has 0 bridgehead atoms. The number of carbonyl (C=O) groups is 1. The lowest BCUT2D eigenvalue weighted by Crippen LogP contribution is -2.36. The standard InChI is InChI=1S/C22H25F3N4O2/c1-22(2,3)31-21(30)29-10-12-6-15(7-13(12)11-29)26-19-5-4-18(27-28-19)16-8-14(23)9-17(24)20(16)25/h4-5,8-9,12-13,15H,6-7,10-11H2,1-3H3,(H,26,28)/t12-,13+,15?. The molecule has 4 rings (SSSR count). The van der Waals surface area contributed by atoms with Gasteiger partial charge >= 0.3 is 6.09 Å². The number of benzene rings is 1. The van der Waals surface area contributed by atoms with Crippen LogP contribution in [0.2, 0.25) is 0 Å². The first kappa shape index (κ1) is 21.4. The summed E-state index contributed by atoms with van der Waals surface area (Å²) in [4.78, 5) is 14.1. The summed E-state index contributed by atoms with van der Waals surface area (Å²) < 4.78 is 46.3. The van der Waals surface area contributed by atoms with Crippen LogP contribution >= 0.6 is 0 Å². The highest BCUT2D eigenvalue weighted by Gasteiger charge is 2.43. The summed E-state index contributed by atoms with van der Waals surface area (Å²) in [6.45, 7) is 6.91. The molecule has 2 aliphatic rings. The first-order chi connectivity index (χ1) is 14.6. The van der Waals surface area contributed by atoms with Crippen LogP contribution in [0.4, 0.5) is 23.8 Å². The molecule has 166 valence electrons. The van der Waals surface area contributed by atoms with Gasteiger partial charge in [-0.1, -0.05) is 0 Å². The summed E-state index contributed by atoms with van der Waals surface area (Å²) in [6.07, 6.45) is 1.50. The second-order valence-electron chi connectivity index (χ2n) is 9.27. The smallest absolute Gasteiger partial charge is 0.410 e. The number of fused-ring (bicyclic) bond motifs is 1. The van der Waals surface area contributed by atoms with Crippen molar-refractivity contribution >= 4 is 11.9 Å². The topological polar surface area (TPSA) is 67.3 Å². The molecule has 1 aromatic heterocycles. The second kappa shape index (κ2) is 8.01. The summed E-state index contributed by atoms with van der Waals surface area (Å²) in [5.41, 5.74) is -0.726. The van der Waals surface area contributed by atoms with E-state index in [4.69, 9.17) is 4.74 Å². The van der Waals surface area contributed by atoms with Crippen LogP contribution in [0.5, 0.6) is 0 Å². The maximum Gasteiger partial charge on any atom is 0.410 e. The van der Waals surface area contributed by atoms with E-state index in [-0.39, 0.29) is 23.4 Å². The van der Waals surface area contributed by atoms with E-state index in [0.717, 1.165) is 18.9 Å². The maximum atomic E-state index is 13.9. The van der Waals surface area contributed by atoms with E-state index in [1.807, 2.05) is 20.8 Å². The Morgan fingerprint density at radius 1 is 1.10 bits per heavy atom. The van der Waals surface area contributed by atoms with Gasteiger partial charge in [-0.3, -0.25) is 0 Å². The van der Waals surface area contributed by atoms with Gasteiger partial charge in [0, 0.05) is 30.8 Å². The zero-order valence-electron chi connectivity index (χ0n) is 17.7. The van der Waals surface area contributed by atoms with Crippen LogP contribution in [0.25, 0.3) is 11.3 Å². The van der Waals surface area contributed by atoms with Gasteiger partial charge in [0.1, 0.15) is 17.2 Å². The summed E-state index contributed by atoms with van der Waals surface area (Å²) in [5.74, 6) is -2.01. The summed E-state index contributed by atoms with van der Waals surface area (Å²) >= 11 is 0. The van der Waals surface area contributed by atoms with Crippen molar-refractivity contribution in [3.8, 4) is 11.3 Å². The number of nitrogens with zero attached hydrogens (tertiary/aromatic N) is 3. The van der Waals surface area contributed by atoms with Gasteiger partial charge in [0.2, 0.25) is 0 Å². The first-order valence-corrected chi connectivity index (χ1v) is 10.3. The van der Waals surface area contributed by atoms with E-state index < -0.39 is 23.1 Å². The molecule has 1 saturated heterocycles. The van der Waals surface area contributed by atoms with Crippen molar-refractivity contribution in [2.24, 2.45) is 11.8 Å². The Morgan fingerprint density at radius 2 is 1.77 bits per heavy atom. The molecule has 2 fully saturated rings. The van der Waals surface area contributed by atoms with Gasteiger partial charge in [0.05, 0.1) is 5.69 Å². The first-order valence-electron chi connectivity index (χ1n) is 10.3. The molecule has 1 aromatic carbocycles. The summed E-state index contributed by atoms with van der Waals surface area (Å²) in [7, 11) is 0. The molecular formula is C22H25F3N4O2. The molecular weight excluding hydrogens is 409 g/mol. The van der Waals surface area contributed by atoms with Crippen molar-refractivity contribution in [3.63, 3.8) is 0 Å². The third kappa shape index (κ3) is 4.75. The minimum Gasteiger partial charge on any atom is -0.444 e. The number of halogens is 3. The molecule has 1 amide bonds. The molecule has 0 spiro atoms. The van der Waals surface area contributed by atoms with Crippen LogP contribution in [0, 0.1) is 29.3 Å². The zero-order valence-corrected chi connectivity index (χ0v) is 17.7. The van der Waals surface area contributed by atoms with Gasteiger partial charge in [0.25, 0.3) is 0 Å². The Morgan fingerprint density at radius 3 is 2.35 bits per heavy atom. The number of anilines is 1. The third-order valence-corrected chi connectivity index (χ3v) is 5.69. The number of amides is 1. The van der Waals surface area contributed by atoms with Crippen molar-refractivity contribution in [2.75, 3.05) is 18.4 Å². The number of likely N-dealkylation sites (tertiary alicyclic amines) is 1. The van der Waals surface area contributed by atoms with Gasteiger partial charge in [-0.2, -0.15) is 0 Å². The highest BCUT2D eigenvalue weighted by Crippen LogP contribution is 2.39. The van der Waals surface area contributed by atoms with Crippen LogP contribution < -0.4 is 5.32 Å². The molecule has 0 radical (unpaired) electrons.